The lowest BCUT2D eigenvalue weighted by Crippen LogP contribution is -2.35. The van der Waals surface area contributed by atoms with Crippen molar-refractivity contribution in [3.63, 3.8) is 0 Å². The molecular formula is C22H24ClN3O4S. The Labute approximate surface area is 187 Å². The summed E-state index contributed by atoms with van der Waals surface area (Å²) in [6.45, 7) is 3.56. The molecule has 0 spiro atoms. The fraction of sp³-hybridized carbons (Fsp3) is 0.273. The predicted molar refractivity (Wildman–Crippen MR) is 119 cm³/mol. The van der Waals surface area contributed by atoms with Crippen LogP contribution in [0.1, 0.15) is 22.7 Å². The number of aromatic nitrogens is 2. The van der Waals surface area contributed by atoms with Gasteiger partial charge in [0.15, 0.2) is 0 Å². The Kier molecular flexibility index (Phi) is 7.15. The number of hydrogen-bond donors (Lipinski definition) is 0. The fourth-order valence-electron chi connectivity index (χ4n) is 3.40. The van der Waals surface area contributed by atoms with Crippen LogP contribution in [-0.2, 0) is 10.0 Å². The average Bonchev–Trinajstić information content (AvgIpc) is 2.73. The van der Waals surface area contributed by atoms with Crippen molar-refractivity contribution >= 4 is 21.6 Å². The van der Waals surface area contributed by atoms with Gasteiger partial charge in [-0.3, -0.25) is 0 Å². The van der Waals surface area contributed by atoms with Gasteiger partial charge in [-0.2, -0.15) is 9.29 Å². The summed E-state index contributed by atoms with van der Waals surface area (Å²) in [6, 6.07) is 13.7. The molecule has 0 aliphatic carbocycles. The average molecular weight is 462 g/mol. The summed E-state index contributed by atoms with van der Waals surface area (Å²) in [5.74, 6) is 0.878. The van der Waals surface area contributed by atoms with E-state index in [4.69, 9.17) is 21.1 Å². The maximum atomic E-state index is 13.6. The van der Waals surface area contributed by atoms with Crippen molar-refractivity contribution in [3.05, 3.63) is 76.7 Å². The number of nitrogens with zero attached hydrogens (tertiary/aromatic N) is 3. The number of aryl methyl sites for hydroxylation is 2. The van der Waals surface area contributed by atoms with Crippen molar-refractivity contribution in [1.29, 1.82) is 0 Å². The minimum Gasteiger partial charge on any atom is -0.497 e. The molecule has 3 rings (SSSR count). The summed E-state index contributed by atoms with van der Waals surface area (Å²) in [7, 11) is -0.746. The minimum absolute atomic E-state index is 0.0430. The van der Waals surface area contributed by atoms with Crippen LogP contribution in [0.4, 0.5) is 0 Å². The molecular weight excluding hydrogens is 438 g/mol. The number of halogens is 1. The van der Waals surface area contributed by atoms with E-state index >= 15 is 0 Å². The van der Waals surface area contributed by atoms with Crippen LogP contribution in [0, 0.1) is 13.8 Å². The van der Waals surface area contributed by atoms with Crippen LogP contribution >= 0.6 is 11.6 Å². The van der Waals surface area contributed by atoms with Gasteiger partial charge < -0.3 is 9.47 Å². The molecule has 3 aromatic rings. The number of benzene rings is 2. The van der Waals surface area contributed by atoms with E-state index in [0.29, 0.717) is 16.9 Å². The number of rotatable bonds is 8. The smallest absolute Gasteiger partial charge is 0.244 e. The van der Waals surface area contributed by atoms with Gasteiger partial charge in [0, 0.05) is 19.3 Å². The number of hydrogen-bond acceptors (Lipinski definition) is 6. The zero-order valence-electron chi connectivity index (χ0n) is 17.7. The van der Waals surface area contributed by atoms with Crippen LogP contribution in [0.2, 0.25) is 5.28 Å². The summed E-state index contributed by atoms with van der Waals surface area (Å²) in [5.41, 5.74) is 2.01. The van der Waals surface area contributed by atoms with E-state index in [1.165, 1.54) is 10.5 Å². The lowest BCUT2D eigenvalue weighted by atomic mass is 10.1. The standard InChI is InChI=1S/C22H24ClN3O4S/c1-15-12-18(29-4)13-16(2)21(15)31(27,28)26(3)19(17-8-6-5-7-9-17)14-30-20-10-11-24-22(23)25-20/h5-13,19H,14H2,1-4H3. The molecule has 9 heteroatoms. The second-order valence-corrected chi connectivity index (χ2v) is 9.29. The van der Waals surface area contributed by atoms with Crippen LogP contribution in [0.3, 0.4) is 0 Å². The molecule has 0 saturated carbocycles. The van der Waals surface area contributed by atoms with Crippen LogP contribution < -0.4 is 9.47 Å². The summed E-state index contributed by atoms with van der Waals surface area (Å²) in [5, 5.41) is 0.0548. The van der Waals surface area contributed by atoms with E-state index in [2.05, 4.69) is 9.97 Å². The van der Waals surface area contributed by atoms with Crippen molar-refractivity contribution in [2.24, 2.45) is 0 Å². The second kappa shape index (κ2) is 9.64. The largest absolute Gasteiger partial charge is 0.497 e. The van der Waals surface area contributed by atoms with Gasteiger partial charge >= 0.3 is 0 Å². The first-order chi connectivity index (χ1) is 14.7. The maximum Gasteiger partial charge on any atom is 0.244 e. The van der Waals surface area contributed by atoms with E-state index < -0.39 is 16.1 Å². The van der Waals surface area contributed by atoms with Crippen LogP contribution in [0.25, 0.3) is 0 Å². The van der Waals surface area contributed by atoms with E-state index in [-0.39, 0.29) is 22.7 Å². The Balaban J connectivity index is 1.98. The first-order valence-corrected chi connectivity index (χ1v) is 11.4. The first kappa shape index (κ1) is 23.0. The molecule has 1 heterocycles. The molecule has 31 heavy (non-hydrogen) atoms. The molecule has 0 amide bonds. The third-order valence-electron chi connectivity index (χ3n) is 4.92. The molecule has 2 aromatic carbocycles. The third kappa shape index (κ3) is 5.15. The lowest BCUT2D eigenvalue weighted by molar-refractivity contribution is 0.216. The van der Waals surface area contributed by atoms with E-state index in [9.17, 15) is 8.42 Å². The Hall–Kier alpha value is -2.68. The van der Waals surface area contributed by atoms with Gasteiger partial charge in [-0.25, -0.2) is 13.4 Å². The van der Waals surface area contributed by atoms with Gasteiger partial charge in [0.1, 0.15) is 12.4 Å². The quantitative estimate of drug-likeness (QED) is 0.468. The Morgan fingerprint density at radius 1 is 1.10 bits per heavy atom. The molecule has 0 aliphatic rings. The number of ether oxygens (including phenoxy) is 2. The fourth-order valence-corrected chi connectivity index (χ4v) is 5.27. The molecule has 1 unspecified atom stereocenters. The van der Waals surface area contributed by atoms with Crippen molar-refractivity contribution in [1.82, 2.24) is 14.3 Å². The number of methoxy groups -OCH3 is 1. The molecule has 0 saturated heterocycles. The molecule has 0 aliphatic heterocycles. The topological polar surface area (TPSA) is 81.6 Å². The van der Waals surface area contributed by atoms with E-state index in [1.54, 1.807) is 46.2 Å². The normalized spacial score (nSPS) is 12.6. The Morgan fingerprint density at radius 2 is 1.74 bits per heavy atom. The lowest BCUT2D eigenvalue weighted by Gasteiger charge is -2.29. The molecule has 0 bridgehead atoms. The van der Waals surface area contributed by atoms with E-state index in [0.717, 1.165) is 5.56 Å². The van der Waals surface area contributed by atoms with Crippen LogP contribution in [0.5, 0.6) is 11.6 Å². The summed E-state index contributed by atoms with van der Waals surface area (Å²) in [4.78, 5) is 8.10. The van der Waals surface area contributed by atoms with Crippen molar-refractivity contribution in [2.75, 3.05) is 20.8 Å². The zero-order valence-corrected chi connectivity index (χ0v) is 19.3. The minimum atomic E-state index is -3.85. The van der Waals surface area contributed by atoms with Crippen molar-refractivity contribution < 1.29 is 17.9 Å². The number of likely N-dealkylation sites (N-methyl/N-ethyl adjacent to an activating group) is 1. The van der Waals surface area contributed by atoms with Gasteiger partial charge in [0.25, 0.3) is 0 Å². The molecule has 0 fully saturated rings. The molecule has 1 aromatic heterocycles. The highest BCUT2D eigenvalue weighted by Crippen LogP contribution is 2.32. The van der Waals surface area contributed by atoms with Gasteiger partial charge in [-0.05, 0) is 54.3 Å². The molecule has 164 valence electrons. The number of sulfonamides is 1. The molecule has 7 nitrogen and oxygen atoms in total. The molecule has 1 atom stereocenters. The zero-order chi connectivity index (χ0) is 22.6. The summed E-state index contributed by atoms with van der Waals surface area (Å²) >= 11 is 5.83. The maximum absolute atomic E-state index is 13.6. The second-order valence-electron chi connectivity index (χ2n) is 7.01. The van der Waals surface area contributed by atoms with Gasteiger partial charge in [0.2, 0.25) is 21.2 Å². The summed E-state index contributed by atoms with van der Waals surface area (Å²) in [6.07, 6.45) is 1.48. The van der Waals surface area contributed by atoms with Crippen LogP contribution in [-0.4, -0.2) is 43.5 Å². The highest BCUT2D eigenvalue weighted by atomic mass is 35.5. The Bertz CT molecular complexity index is 1130. The predicted octanol–water partition coefficient (Wildman–Crippen LogP) is 4.20. The molecule has 0 N–H and O–H groups in total. The van der Waals surface area contributed by atoms with Crippen molar-refractivity contribution in [3.8, 4) is 11.6 Å². The van der Waals surface area contributed by atoms with Gasteiger partial charge in [-0.1, -0.05) is 30.3 Å². The highest BCUT2D eigenvalue weighted by molar-refractivity contribution is 7.89. The van der Waals surface area contributed by atoms with Crippen molar-refractivity contribution in [2.45, 2.75) is 24.8 Å². The Morgan fingerprint density at radius 3 is 2.32 bits per heavy atom. The first-order valence-electron chi connectivity index (χ1n) is 9.53. The van der Waals surface area contributed by atoms with E-state index in [1.807, 2.05) is 30.3 Å². The highest BCUT2D eigenvalue weighted by Gasteiger charge is 2.32. The molecule has 0 radical (unpaired) electrons. The summed E-state index contributed by atoms with van der Waals surface area (Å²) < 4.78 is 39.7. The van der Waals surface area contributed by atoms with Crippen LogP contribution in [0.15, 0.2) is 59.6 Å². The third-order valence-corrected chi connectivity index (χ3v) is 7.27. The SMILES string of the molecule is COc1cc(C)c(S(=O)(=O)N(C)C(COc2ccnc(Cl)n2)c2ccccc2)c(C)c1. The van der Waals surface area contributed by atoms with Gasteiger partial charge in [-0.15, -0.1) is 0 Å². The van der Waals surface area contributed by atoms with Gasteiger partial charge in [0.05, 0.1) is 18.0 Å². The monoisotopic (exact) mass is 461 g/mol.